The predicted molar refractivity (Wildman–Crippen MR) is 151 cm³/mol. The Morgan fingerprint density at radius 2 is 1.66 bits per heavy atom. The molecule has 4 rings (SSSR count). The summed E-state index contributed by atoms with van der Waals surface area (Å²) in [7, 11) is 0. The quantitative estimate of drug-likeness (QED) is 0.192. The summed E-state index contributed by atoms with van der Waals surface area (Å²) >= 11 is 1.66. The molecule has 0 saturated carbocycles. The molecule has 0 radical (unpaired) electrons. The van der Waals surface area contributed by atoms with Crippen LogP contribution in [0.2, 0.25) is 0 Å². The third-order valence-electron chi connectivity index (χ3n) is 6.23. The van der Waals surface area contributed by atoms with Gasteiger partial charge in [-0.25, -0.2) is 14.8 Å². The second kappa shape index (κ2) is 12.2. The van der Waals surface area contributed by atoms with Crippen LogP contribution in [0.25, 0.3) is 10.7 Å². The van der Waals surface area contributed by atoms with E-state index in [1.807, 2.05) is 73.9 Å². The van der Waals surface area contributed by atoms with E-state index in [1.54, 1.807) is 25.2 Å². The van der Waals surface area contributed by atoms with Crippen molar-refractivity contribution < 1.29 is 19.0 Å². The van der Waals surface area contributed by atoms with Gasteiger partial charge in [0.25, 0.3) is 0 Å². The van der Waals surface area contributed by atoms with Gasteiger partial charge >= 0.3 is 5.97 Å². The number of esters is 1. The van der Waals surface area contributed by atoms with Gasteiger partial charge in [0.05, 0.1) is 11.5 Å². The van der Waals surface area contributed by atoms with Crippen LogP contribution < -0.4 is 9.47 Å². The Balaban J connectivity index is 1.45. The monoisotopic (exact) mass is 530 g/mol. The van der Waals surface area contributed by atoms with E-state index >= 15 is 0 Å². The molecular formula is C31H34N2O4S. The number of aromatic nitrogens is 2. The van der Waals surface area contributed by atoms with Crippen LogP contribution in [-0.2, 0) is 22.4 Å². The zero-order valence-electron chi connectivity index (χ0n) is 22.6. The fraction of sp³-hybridized carbons (Fsp3) is 0.323. The minimum absolute atomic E-state index is 0.138. The molecule has 2 unspecified atom stereocenters. The molecule has 0 N–H and O–H groups in total. The van der Waals surface area contributed by atoms with Gasteiger partial charge in [-0.05, 0) is 81.1 Å². The van der Waals surface area contributed by atoms with E-state index in [0.717, 1.165) is 44.4 Å². The number of nitrogens with zero attached hydrogens (tertiary/aromatic N) is 2. The van der Waals surface area contributed by atoms with Crippen LogP contribution in [0.5, 0.6) is 11.5 Å². The molecule has 0 spiro atoms. The van der Waals surface area contributed by atoms with E-state index in [1.165, 1.54) is 0 Å². The summed E-state index contributed by atoms with van der Waals surface area (Å²) in [5, 5.41) is 0. The van der Waals surface area contributed by atoms with Crippen molar-refractivity contribution in [1.82, 2.24) is 9.97 Å². The molecular weight excluding hydrogens is 496 g/mol. The Bertz CT molecular complexity index is 1340. The first kappa shape index (κ1) is 27.3. The van der Waals surface area contributed by atoms with E-state index in [4.69, 9.17) is 14.2 Å². The molecule has 4 aromatic rings. The number of para-hydroxylation sites is 1. The summed E-state index contributed by atoms with van der Waals surface area (Å²) in [5.41, 5.74) is 2.06. The van der Waals surface area contributed by atoms with Crippen LogP contribution in [0.4, 0.5) is 0 Å². The SMILES string of the molecule is CCOC(=O)C(C)(Cc1ccc(OC(C)c2sc(-c3ncc(CC)cn3)cc2C)cc1)Oc1ccccc1. The smallest absolute Gasteiger partial charge is 0.350 e. The first-order valence-corrected chi connectivity index (χ1v) is 13.7. The zero-order valence-corrected chi connectivity index (χ0v) is 23.4. The zero-order chi connectivity index (χ0) is 27.1. The minimum atomic E-state index is -1.16. The fourth-order valence-corrected chi connectivity index (χ4v) is 5.29. The number of hydrogen-bond acceptors (Lipinski definition) is 7. The van der Waals surface area contributed by atoms with Gasteiger partial charge in [0.1, 0.15) is 17.6 Å². The topological polar surface area (TPSA) is 70.5 Å². The number of carbonyl (C=O) groups excluding carboxylic acids is 1. The Hall–Kier alpha value is -3.71. The van der Waals surface area contributed by atoms with Crippen molar-refractivity contribution in [3.63, 3.8) is 0 Å². The number of hydrogen-bond donors (Lipinski definition) is 0. The minimum Gasteiger partial charge on any atom is -0.485 e. The first-order chi connectivity index (χ1) is 18.3. The Morgan fingerprint density at radius 3 is 2.29 bits per heavy atom. The van der Waals surface area contributed by atoms with E-state index in [0.29, 0.717) is 12.2 Å². The fourth-order valence-electron chi connectivity index (χ4n) is 4.19. The van der Waals surface area contributed by atoms with Gasteiger partial charge in [-0.1, -0.05) is 37.3 Å². The molecule has 7 heteroatoms. The average molecular weight is 531 g/mol. The molecule has 0 saturated heterocycles. The molecule has 0 aliphatic heterocycles. The van der Waals surface area contributed by atoms with Crippen molar-refractivity contribution in [2.24, 2.45) is 0 Å². The molecule has 38 heavy (non-hydrogen) atoms. The third-order valence-corrected chi connectivity index (χ3v) is 7.62. The van der Waals surface area contributed by atoms with Crippen LogP contribution >= 0.6 is 11.3 Å². The normalized spacial score (nSPS) is 13.4. The number of benzene rings is 2. The highest BCUT2D eigenvalue weighted by Crippen LogP contribution is 2.35. The van der Waals surface area contributed by atoms with Crippen molar-refractivity contribution in [3.8, 4) is 22.2 Å². The van der Waals surface area contributed by atoms with Crippen LogP contribution in [0, 0.1) is 6.92 Å². The maximum Gasteiger partial charge on any atom is 0.350 e. The van der Waals surface area contributed by atoms with Crippen LogP contribution in [0.15, 0.2) is 73.1 Å². The highest BCUT2D eigenvalue weighted by atomic mass is 32.1. The summed E-state index contributed by atoms with van der Waals surface area (Å²) < 4.78 is 17.7. The van der Waals surface area contributed by atoms with Crippen molar-refractivity contribution in [2.45, 2.75) is 59.2 Å². The van der Waals surface area contributed by atoms with Crippen molar-refractivity contribution in [1.29, 1.82) is 0 Å². The lowest BCUT2D eigenvalue weighted by Crippen LogP contribution is -2.45. The number of thiophene rings is 1. The van der Waals surface area contributed by atoms with Gasteiger partial charge in [0, 0.05) is 23.7 Å². The average Bonchev–Trinajstić information content (AvgIpc) is 3.32. The second-order valence-electron chi connectivity index (χ2n) is 9.37. The molecule has 0 bridgehead atoms. The van der Waals surface area contributed by atoms with Crippen molar-refractivity contribution >= 4 is 17.3 Å². The number of aryl methyl sites for hydroxylation is 2. The van der Waals surface area contributed by atoms with Crippen molar-refractivity contribution in [2.75, 3.05) is 6.61 Å². The molecule has 2 aromatic heterocycles. The lowest BCUT2D eigenvalue weighted by Gasteiger charge is -2.28. The van der Waals surface area contributed by atoms with Crippen LogP contribution in [0.1, 0.15) is 55.4 Å². The molecule has 198 valence electrons. The Kier molecular flexibility index (Phi) is 8.79. The molecule has 2 heterocycles. The Labute approximate surface area is 228 Å². The number of rotatable bonds is 11. The van der Waals surface area contributed by atoms with Crippen molar-refractivity contribution in [3.05, 3.63) is 94.6 Å². The van der Waals surface area contributed by atoms with E-state index in [9.17, 15) is 4.79 Å². The summed E-state index contributed by atoms with van der Waals surface area (Å²) in [5.74, 6) is 1.71. The summed E-state index contributed by atoms with van der Waals surface area (Å²) in [6.07, 6.45) is 4.91. The highest BCUT2D eigenvalue weighted by molar-refractivity contribution is 7.15. The Morgan fingerprint density at radius 1 is 0.974 bits per heavy atom. The highest BCUT2D eigenvalue weighted by Gasteiger charge is 2.37. The maximum atomic E-state index is 12.8. The molecule has 0 aliphatic rings. The summed E-state index contributed by atoms with van der Waals surface area (Å²) in [6, 6.07) is 19.2. The molecule has 2 atom stereocenters. The van der Waals surface area contributed by atoms with E-state index < -0.39 is 11.6 Å². The van der Waals surface area contributed by atoms with Crippen LogP contribution in [-0.4, -0.2) is 28.1 Å². The largest absolute Gasteiger partial charge is 0.485 e. The molecule has 0 aliphatic carbocycles. The maximum absolute atomic E-state index is 12.8. The van der Waals surface area contributed by atoms with E-state index in [2.05, 4.69) is 29.9 Å². The van der Waals surface area contributed by atoms with Gasteiger partial charge in [-0.3, -0.25) is 0 Å². The van der Waals surface area contributed by atoms with Gasteiger partial charge in [0.15, 0.2) is 5.82 Å². The standard InChI is InChI=1S/C31H34N2O4S/c1-6-23-19-32-29(33-20-23)27-17-21(3)28(38-27)22(4)36-25-15-13-24(14-16-25)18-31(5,30(34)35-7-2)37-26-11-9-8-10-12-26/h8-17,19-20,22H,6-7,18H2,1-5H3. The van der Waals surface area contributed by atoms with Gasteiger partial charge in [-0.2, -0.15) is 0 Å². The van der Waals surface area contributed by atoms with Gasteiger partial charge < -0.3 is 14.2 Å². The summed E-state index contributed by atoms with van der Waals surface area (Å²) in [4.78, 5) is 24.0. The molecule has 0 fully saturated rings. The molecule has 2 aromatic carbocycles. The lowest BCUT2D eigenvalue weighted by atomic mass is 9.96. The second-order valence-corrected chi connectivity index (χ2v) is 10.5. The van der Waals surface area contributed by atoms with Gasteiger partial charge in [0.2, 0.25) is 5.60 Å². The first-order valence-electron chi connectivity index (χ1n) is 12.9. The summed E-state index contributed by atoms with van der Waals surface area (Å²) in [6.45, 7) is 10.1. The predicted octanol–water partition coefficient (Wildman–Crippen LogP) is 7.16. The molecule has 0 amide bonds. The lowest BCUT2D eigenvalue weighted by molar-refractivity contribution is -0.160. The molecule has 6 nitrogen and oxygen atoms in total. The van der Waals surface area contributed by atoms with E-state index in [-0.39, 0.29) is 12.7 Å². The third kappa shape index (κ3) is 6.58. The van der Waals surface area contributed by atoms with Gasteiger partial charge in [-0.15, -0.1) is 11.3 Å². The van der Waals surface area contributed by atoms with Crippen LogP contribution in [0.3, 0.4) is 0 Å². The number of ether oxygens (including phenoxy) is 3. The number of carbonyl (C=O) groups is 1.